The highest BCUT2D eigenvalue weighted by molar-refractivity contribution is 7.12. The molecule has 0 spiro atoms. The quantitative estimate of drug-likeness (QED) is 0.415. The molecule has 31 heavy (non-hydrogen) atoms. The molecule has 0 fully saturated rings. The van der Waals surface area contributed by atoms with Gasteiger partial charge in [0.05, 0.1) is 30.3 Å². The lowest BCUT2D eigenvalue weighted by Gasteiger charge is -2.15. The Morgan fingerprint density at radius 2 is 1.68 bits per heavy atom. The van der Waals surface area contributed by atoms with Crippen molar-refractivity contribution in [2.24, 2.45) is 0 Å². The molecule has 0 aliphatic heterocycles. The van der Waals surface area contributed by atoms with Gasteiger partial charge in [-0.05, 0) is 35.7 Å². The van der Waals surface area contributed by atoms with E-state index in [9.17, 15) is 18.8 Å². The fourth-order valence-corrected chi connectivity index (χ4v) is 3.29. The summed E-state index contributed by atoms with van der Waals surface area (Å²) < 4.78 is 28.6. The van der Waals surface area contributed by atoms with Gasteiger partial charge in [0.1, 0.15) is 5.82 Å². The van der Waals surface area contributed by atoms with Crippen LogP contribution in [-0.4, -0.2) is 38.5 Å². The Morgan fingerprint density at radius 3 is 2.29 bits per heavy atom. The van der Waals surface area contributed by atoms with Crippen molar-refractivity contribution in [2.75, 3.05) is 26.1 Å². The van der Waals surface area contributed by atoms with Crippen LogP contribution in [0.5, 0.6) is 11.5 Å². The summed E-state index contributed by atoms with van der Waals surface area (Å²) in [6.45, 7) is -0.558. The summed E-state index contributed by atoms with van der Waals surface area (Å²) in [6.07, 6.45) is 0. The molecule has 0 atom stereocenters. The van der Waals surface area contributed by atoms with E-state index in [1.54, 1.807) is 17.5 Å². The van der Waals surface area contributed by atoms with Gasteiger partial charge >= 0.3 is 5.97 Å². The van der Waals surface area contributed by atoms with Crippen LogP contribution in [0.15, 0.2) is 53.9 Å². The third-order valence-electron chi connectivity index (χ3n) is 4.24. The molecule has 1 N–H and O–H groups in total. The monoisotopic (exact) mass is 443 g/mol. The van der Waals surface area contributed by atoms with Crippen molar-refractivity contribution in [2.45, 2.75) is 0 Å². The lowest BCUT2D eigenvalue weighted by molar-refractivity contribution is 0.0475. The van der Waals surface area contributed by atoms with Crippen molar-refractivity contribution in [3.05, 3.63) is 75.7 Å². The maximum Gasteiger partial charge on any atom is 0.340 e. The number of carbonyl (C=O) groups is 3. The average Bonchev–Trinajstić information content (AvgIpc) is 3.32. The summed E-state index contributed by atoms with van der Waals surface area (Å²) in [6, 6.07) is 11.0. The van der Waals surface area contributed by atoms with Crippen LogP contribution in [0.2, 0.25) is 0 Å². The number of thiophene rings is 1. The van der Waals surface area contributed by atoms with E-state index in [0.717, 1.165) is 12.1 Å². The van der Waals surface area contributed by atoms with Crippen LogP contribution >= 0.6 is 11.3 Å². The average molecular weight is 443 g/mol. The first-order valence-corrected chi connectivity index (χ1v) is 9.87. The predicted molar refractivity (Wildman–Crippen MR) is 113 cm³/mol. The maximum atomic E-state index is 13.0. The molecule has 1 aromatic heterocycles. The Bertz CT molecular complexity index is 1100. The minimum absolute atomic E-state index is 0.0190. The molecule has 1 amide bonds. The normalized spacial score (nSPS) is 10.3. The first-order chi connectivity index (χ1) is 14.9. The smallest absolute Gasteiger partial charge is 0.340 e. The molecule has 2 aromatic carbocycles. The molecule has 0 radical (unpaired) electrons. The van der Waals surface area contributed by atoms with E-state index in [0.29, 0.717) is 10.6 Å². The summed E-state index contributed by atoms with van der Waals surface area (Å²) >= 11 is 1.24. The number of anilines is 1. The van der Waals surface area contributed by atoms with Gasteiger partial charge < -0.3 is 19.5 Å². The van der Waals surface area contributed by atoms with Crippen molar-refractivity contribution < 1.29 is 33.0 Å². The van der Waals surface area contributed by atoms with Crippen molar-refractivity contribution in [3.8, 4) is 11.5 Å². The number of hydrogen-bond acceptors (Lipinski definition) is 7. The number of amides is 1. The SMILES string of the molecule is COc1cc(NC(=O)c2cccs2)c(C(=O)OCC(=O)c2ccc(F)cc2)cc1OC. The number of ketones is 1. The second-order valence-electron chi connectivity index (χ2n) is 6.19. The minimum atomic E-state index is -0.849. The summed E-state index contributed by atoms with van der Waals surface area (Å²) in [5, 5.41) is 4.40. The molecule has 0 saturated carbocycles. The fourth-order valence-electron chi connectivity index (χ4n) is 2.67. The number of rotatable bonds is 8. The molecule has 0 saturated heterocycles. The number of Topliss-reactive ketones (excluding diaryl/α,β-unsaturated/α-hetero) is 1. The zero-order chi connectivity index (χ0) is 22.4. The second kappa shape index (κ2) is 9.86. The highest BCUT2D eigenvalue weighted by Gasteiger charge is 2.21. The second-order valence-corrected chi connectivity index (χ2v) is 7.14. The number of hydrogen-bond donors (Lipinski definition) is 1. The molecular formula is C22H18FNO6S. The Hall–Kier alpha value is -3.72. The number of benzene rings is 2. The van der Waals surface area contributed by atoms with Crippen LogP contribution in [0.3, 0.4) is 0 Å². The summed E-state index contributed by atoms with van der Waals surface area (Å²) in [5.41, 5.74) is 0.317. The number of methoxy groups -OCH3 is 2. The zero-order valence-electron chi connectivity index (χ0n) is 16.6. The van der Waals surface area contributed by atoms with Crippen molar-refractivity contribution >= 4 is 34.7 Å². The zero-order valence-corrected chi connectivity index (χ0v) is 17.5. The highest BCUT2D eigenvalue weighted by Crippen LogP contribution is 2.34. The van der Waals surface area contributed by atoms with Crippen molar-refractivity contribution in [3.63, 3.8) is 0 Å². The molecule has 0 aliphatic rings. The van der Waals surface area contributed by atoms with Crippen LogP contribution in [0, 0.1) is 5.82 Å². The van der Waals surface area contributed by atoms with Crippen LogP contribution < -0.4 is 14.8 Å². The van der Waals surface area contributed by atoms with Gasteiger partial charge in [0.15, 0.2) is 23.9 Å². The van der Waals surface area contributed by atoms with Gasteiger partial charge in [0.25, 0.3) is 5.91 Å². The minimum Gasteiger partial charge on any atom is -0.493 e. The van der Waals surface area contributed by atoms with E-state index in [4.69, 9.17) is 14.2 Å². The largest absolute Gasteiger partial charge is 0.493 e. The van der Waals surface area contributed by atoms with E-state index in [1.807, 2.05) is 0 Å². The van der Waals surface area contributed by atoms with Crippen LogP contribution in [0.1, 0.15) is 30.4 Å². The molecule has 0 aliphatic carbocycles. The summed E-state index contributed by atoms with van der Waals surface area (Å²) in [7, 11) is 2.82. The van der Waals surface area contributed by atoms with Gasteiger partial charge in [-0.2, -0.15) is 0 Å². The standard InChI is InChI=1S/C22H18FNO6S/c1-28-18-10-15(22(27)30-12-17(25)13-5-7-14(23)8-6-13)16(11-19(18)29-2)24-21(26)20-4-3-9-31-20/h3-11H,12H2,1-2H3,(H,24,26). The molecule has 0 unspecified atom stereocenters. The van der Waals surface area contributed by atoms with Crippen LogP contribution in [0.25, 0.3) is 0 Å². The number of esters is 1. The number of carbonyl (C=O) groups excluding carboxylic acids is 3. The maximum absolute atomic E-state index is 13.0. The molecule has 3 aromatic rings. The van der Waals surface area contributed by atoms with Crippen LogP contribution in [-0.2, 0) is 4.74 Å². The first kappa shape index (κ1) is 22.0. The van der Waals surface area contributed by atoms with E-state index in [-0.39, 0.29) is 22.6 Å². The van der Waals surface area contributed by atoms with Gasteiger partial charge in [0, 0.05) is 17.7 Å². The molecule has 3 rings (SSSR count). The lowest BCUT2D eigenvalue weighted by atomic mass is 10.1. The van der Waals surface area contributed by atoms with Gasteiger partial charge in [-0.3, -0.25) is 9.59 Å². The van der Waals surface area contributed by atoms with E-state index in [2.05, 4.69) is 5.32 Å². The topological polar surface area (TPSA) is 90.9 Å². The lowest BCUT2D eigenvalue weighted by Crippen LogP contribution is -2.18. The van der Waals surface area contributed by atoms with Gasteiger partial charge in [-0.1, -0.05) is 6.07 Å². The van der Waals surface area contributed by atoms with Crippen LogP contribution in [0.4, 0.5) is 10.1 Å². The third-order valence-corrected chi connectivity index (χ3v) is 5.11. The summed E-state index contributed by atoms with van der Waals surface area (Å²) in [5.74, 6) is -1.71. The van der Waals surface area contributed by atoms with E-state index < -0.39 is 30.1 Å². The van der Waals surface area contributed by atoms with Gasteiger partial charge in [-0.15, -0.1) is 11.3 Å². The Morgan fingerprint density at radius 1 is 1.00 bits per heavy atom. The molecular weight excluding hydrogens is 425 g/mol. The predicted octanol–water partition coefficient (Wildman–Crippen LogP) is 4.20. The van der Waals surface area contributed by atoms with E-state index in [1.165, 1.54) is 49.8 Å². The van der Waals surface area contributed by atoms with Gasteiger partial charge in [0.2, 0.25) is 0 Å². The number of ether oxygens (including phenoxy) is 3. The number of nitrogens with one attached hydrogen (secondary N) is 1. The third kappa shape index (κ3) is 5.26. The molecule has 1 heterocycles. The Kier molecular flexibility index (Phi) is 6.99. The Balaban J connectivity index is 1.83. The highest BCUT2D eigenvalue weighted by atomic mass is 32.1. The fraction of sp³-hybridized carbons (Fsp3) is 0.136. The van der Waals surface area contributed by atoms with Gasteiger partial charge in [-0.25, -0.2) is 9.18 Å². The molecule has 7 nitrogen and oxygen atoms in total. The van der Waals surface area contributed by atoms with E-state index >= 15 is 0 Å². The number of halogens is 1. The summed E-state index contributed by atoms with van der Waals surface area (Å²) in [4.78, 5) is 37.9. The first-order valence-electron chi connectivity index (χ1n) is 8.99. The molecule has 0 bridgehead atoms. The Labute approximate surface area is 181 Å². The molecule has 9 heteroatoms. The molecule has 160 valence electrons. The van der Waals surface area contributed by atoms with Crippen molar-refractivity contribution in [1.29, 1.82) is 0 Å². The van der Waals surface area contributed by atoms with Crippen molar-refractivity contribution in [1.82, 2.24) is 0 Å².